The van der Waals surface area contributed by atoms with E-state index in [0.29, 0.717) is 24.4 Å². The number of nitrogens with zero attached hydrogens (tertiary/aromatic N) is 6. The van der Waals surface area contributed by atoms with Crippen LogP contribution in [0.2, 0.25) is 0 Å². The fraction of sp³-hybridized carbons (Fsp3) is 0.586. The van der Waals surface area contributed by atoms with Gasteiger partial charge in [0.25, 0.3) is 0 Å². The number of nitrogens with one attached hydrogen (secondary N) is 2. The molecule has 5 rings (SSSR count). The van der Waals surface area contributed by atoms with E-state index in [0.717, 1.165) is 19.3 Å². The van der Waals surface area contributed by atoms with Crippen LogP contribution in [-0.2, 0) is 19.1 Å². The number of hydrogen-bond acceptors (Lipinski definition) is 9. The number of carbonyl (C=O) groups excluding carboxylic acids is 3. The van der Waals surface area contributed by atoms with Gasteiger partial charge < -0.3 is 25.4 Å². The van der Waals surface area contributed by atoms with Crippen molar-refractivity contribution in [1.82, 2.24) is 40.7 Å². The van der Waals surface area contributed by atoms with Crippen molar-refractivity contribution in [3.8, 4) is 11.5 Å². The summed E-state index contributed by atoms with van der Waals surface area (Å²) in [6.45, 7) is 5.26. The molecule has 2 aromatic heterocycles. The van der Waals surface area contributed by atoms with E-state index in [1.807, 2.05) is 12.2 Å². The summed E-state index contributed by atoms with van der Waals surface area (Å²) < 4.78 is 5.43. The molecule has 0 radical (unpaired) electrons. The van der Waals surface area contributed by atoms with Gasteiger partial charge in [-0.25, -0.2) is 9.59 Å². The van der Waals surface area contributed by atoms with Crippen molar-refractivity contribution in [2.45, 2.75) is 95.0 Å². The fourth-order valence-electron chi connectivity index (χ4n) is 5.67. The maximum absolute atomic E-state index is 14.1. The summed E-state index contributed by atoms with van der Waals surface area (Å²) in [6, 6.07) is 2.83. The minimum absolute atomic E-state index is 0.0604. The lowest BCUT2D eigenvalue weighted by Crippen LogP contribution is -2.56. The van der Waals surface area contributed by atoms with Crippen LogP contribution in [0.5, 0.6) is 0 Å². The van der Waals surface area contributed by atoms with Gasteiger partial charge in [0, 0.05) is 25.1 Å². The summed E-state index contributed by atoms with van der Waals surface area (Å²) in [4.78, 5) is 59.9. The number of hydrogen-bond donors (Lipinski definition) is 3. The Hall–Kier alpha value is -4.36. The molecule has 3 aliphatic rings. The molecule has 2 fully saturated rings. The molecular weight excluding hydrogens is 556 g/mol. The zero-order chi connectivity index (χ0) is 30.8. The third-order valence-electron chi connectivity index (χ3n) is 7.98. The van der Waals surface area contributed by atoms with Gasteiger partial charge in [0.1, 0.15) is 28.9 Å². The standard InChI is InChI=1S/C29H38N8O6/c1-28(2,3)43-27(42)31-21-13-8-6-4-5-7-11-18-16-29(18,26(40)41)32-24(38)22-15-19(17-36(22)25(21)39)37-34-23(33-35-37)20-12-9-10-14-30-20/h7,9-12,14,18-19,21-22H,4-6,8,13,15-17H2,1-3H3,(H,31,42)(H,32,38)(H,40,41)/t18-,19+,21-,22+,29+/m1/s1. The van der Waals surface area contributed by atoms with Gasteiger partial charge >= 0.3 is 12.1 Å². The number of carboxylic acids is 1. The first-order valence-corrected chi connectivity index (χ1v) is 14.7. The average Bonchev–Trinajstić information content (AvgIpc) is 3.28. The van der Waals surface area contributed by atoms with Crippen molar-refractivity contribution in [3.63, 3.8) is 0 Å². The van der Waals surface area contributed by atoms with Gasteiger partial charge in [-0.05, 0) is 63.8 Å². The van der Waals surface area contributed by atoms with Crippen LogP contribution in [0.25, 0.3) is 11.5 Å². The minimum Gasteiger partial charge on any atom is -0.479 e. The second-order valence-electron chi connectivity index (χ2n) is 12.4. The van der Waals surface area contributed by atoms with Crippen molar-refractivity contribution in [3.05, 3.63) is 36.5 Å². The number of aromatic nitrogens is 5. The average molecular weight is 595 g/mol. The molecule has 0 unspecified atom stereocenters. The fourth-order valence-corrected chi connectivity index (χ4v) is 5.67. The van der Waals surface area contributed by atoms with Crippen molar-refractivity contribution in [2.24, 2.45) is 5.92 Å². The summed E-state index contributed by atoms with van der Waals surface area (Å²) in [5, 5.41) is 28.3. The Morgan fingerprint density at radius 2 is 2.00 bits per heavy atom. The Kier molecular flexibility index (Phi) is 8.47. The lowest BCUT2D eigenvalue weighted by atomic mass is 10.0. The van der Waals surface area contributed by atoms with Crippen LogP contribution in [0, 0.1) is 5.92 Å². The van der Waals surface area contributed by atoms with Gasteiger partial charge in [-0.2, -0.15) is 4.80 Å². The van der Waals surface area contributed by atoms with E-state index < -0.39 is 53.1 Å². The third-order valence-corrected chi connectivity index (χ3v) is 7.98. The highest BCUT2D eigenvalue weighted by atomic mass is 16.6. The highest BCUT2D eigenvalue weighted by Crippen LogP contribution is 2.45. The SMILES string of the molecule is CC(C)(C)OC(=O)N[C@@H]1CCCCCC=C[C@@H]2C[C@]2(C(=O)O)NC(=O)[C@@H]2C[C@H](n3nnc(-c4ccccn4)n3)CN2C1=O. The quantitative estimate of drug-likeness (QED) is 0.444. The lowest BCUT2D eigenvalue weighted by Gasteiger charge is -2.30. The van der Waals surface area contributed by atoms with Crippen LogP contribution >= 0.6 is 0 Å². The van der Waals surface area contributed by atoms with Crippen molar-refractivity contribution in [1.29, 1.82) is 0 Å². The molecule has 1 aliphatic carbocycles. The maximum atomic E-state index is 14.1. The Balaban J connectivity index is 1.44. The molecule has 230 valence electrons. The van der Waals surface area contributed by atoms with E-state index in [4.69, 9.17) is 4.74 Å². The summed E-state index contributed by atoms with van der Waals surface area (Å²) in [7, 11) is 0. The number of rotatable bonds is 4. The Bertz CT molecular complexity index is 1390. The van der Waals surface area contributed by atoms with E-state index in [1.165, 1.54) is 9.70 Å². The first-order valence-electron chi connectivity index (χ1n) is 14.7. The smallest absolute Gasteiger partial charge is 0.408 e. The van der Waals surface area contributed by atoms with Crippen LogP contribution in [0.3, 0.4) is 0 Å². The van der Waals surface area contributed by atoms with E-state index in [9.17, 15) is 24.3 Å². The van der Waals surface area contributed by atoms with Crippen LogP contribution in [0.15, 0.2) is 36.5 Å². The number of carboxylic acid groups (broad SMARTS) is 1. The number of alkyl carbamates (subject to hydrolysis) is 1. The van der Waals surface area contributed by atoms with Gasteiger partial charge in [-0.3, -0.25) is 14.6 Å². The van der Waals surface area contributed by atoms with E-state index >= 15 is 0 Å². The highest BCUT2D eigenvalue weighted by molar-refractivity contribution is 5.96. The second-order valence-corrected chi connectivity index (χ2v) is 12.4. The monoisotopic (exact) mass is 594 g/mol. The van der Waals surface area contributed by atoms with E-state index in [1.54, 1.807) is 45.2 Å². The number of tetrazole rings is 1. The Morgan fingerprint density at radius 1 is 1.19 bits per heavy atom. The van der Waals surface area contributed by atoms with Gasteiger partial charge in [-0.1, -0.05) is 31.1 Å². The number of aliphatic carboxylic acids is 1. The Morgan fingerprint density at radius 3 is 2.72 bits per heavy atom. The molecule has 4 heterocycles. The molecule has 2 aliphatic heterocycles. The van der Waals surface area contributed by atoms with Gasteiger partial charge in [0.2, 0.25) is 17.6 Å². The molecule has 1 saturated carbocycles. The first kappa shape index (κ1) is 30.1. The van der Waals surface area contributed by atoms with Gasteiger partial charge in [-0.15, -0.1) is 10.2 Å². The molecule has 14 nitrogen and oxygen atoms in total. The molecule has 5 atom stereocenters. The number of amides is 3. The largest absolute Gasteiger partial charge is 0.479 e. The highest BCUT2D eigenvalue weighted by Gasteiger charge is 2.61. The lowest BCUT2D eigenvalue weighted by molar-refractivity contribution is -0.145. The molecule has 0 aromatic carbocycles. The molecule has 14 heteroatoms. The maximum Gasteiger partial charge on any atom is 0.408 e. The van der Waals surface area contributed by atoms with Crippen LogP contribution < -0.4 is 10.6 Å². The van der Waals surface area contributed by atoms with Gasteiger partial charge in [0.15, 0.2) is 0 Å². The molecule has 0 bridgehead atoms. The van der Waals surface area contributed by atoms with Gasteiger partial charge in [0.05, 0.1) is 6.04 Å². The molecule has 3 N–H and O–H groups in total. The first-order chi connectivity index (χ1) is 20.5. The zero-order valence-corrected chi connectivity index (χ0v) is 24.6. The molecule has 1 saturated heterocycles. The minimum atomic E-state index is -1.42. The van der Waals surface area contributed by atoms with Crippen LogP contribution in [0.1, 0.15) is 71.8 Å². The predicted octanol–water partition coefficient (Wildman–Crippen LogP) is 2.25. The normalized spacial score (nSPS) is 28.1. The molecule has 3 amide bonds. The zero-order valence-electron chi connectivity index (χ0n) is 24.6. The summed E-state index contributed by atoms with van der Waals surface area (Å²) in [6.07, 6.45) is 8.51. The molecule has 2 aromatic rings. The molecule has 0 spiro atoms. The number of allylic oxidation sites excluding steroid dienone is 1. The van der Waals surface area contributed by atoms with Crippen molar-refractivity contribution in [2.75, 3.05) is 6.54 Å². The predicted molar refractivity (Wildman–Crippen MR) is 152 cm³/mol. The molecular formula is C29H38N8O6. The van der Waals surface area contributed by atoms with Crippen molar-refractivity contribution >= 4 is 23.9 Å². The summed E-state index contributed by atoms with van der Waals surface area (Å²) >= 11 is 0. The Labute approximate surface area is 249 Å². The summed E-state index contributed by atoms with van der Waals surface area (Å²) in [5.41, 5.74) is -1.67. The number of carbonyl (C=O) groups is 4. The number of ether oxygens (including phenoxy) is 1. The van der Waals surface area contributed by atoms with Crippen molar-refractivity contribution < 1.29 is 29.0 Å². The third kappa shape index (κ3) is 6.83. The second kappa shape index (κ2) is 12.1. The van der Waals surface area contributed by atoms with Crippen LogP contribution in [-0.4, -0.2) is 88.8 Å². The van der Waals surface area contributed by atoms with E-state index in [-0.39, 0.29) is 25.3 Å². The number of pyridine rings is 1. The topological polar surface area (TPSA) is 182 Å². The van der Waals surface area contributed by atoms with E-state index in [2.05, 4.69) is 31.0 Å². The molecule has 43 heavy (non-hydrogen) atoms. The number of fused-ring (bicyclic) bond motifs is 2. The van der Waals surface area contributed by atoms with Crippen LogP contribution in [0.4, 0.5) is 4.79 Å². The summed E-state index contributed by atoms with van der Waals surface area (Å²) in [5.74, 6) is -2.19.